The number of thioether (sulfide) groups is 1. The van der Waals surface area contributed by atoms with E-state index in [0.717, 1.165) is 49.9 Å². The van der Waals surface area contributed by atoms with Crippen molar-refractivity contribution in [2.75, 3.05) is 76.0 Å². The van der Waals surface area contributed by atoms with E-state index in [1.54, 1.807) is 13.2 Å². The largest absolute Gasteiger partial charge is 0.497 e. The molecule has 0 aliphatic carbocycles. The zero-order valence-electron chi connectivity index (χ0n) is 22.2. The van der Waals surface area contributed by atoms with Crippen molar-refractivity contribution in [3.8, 4) is 5.75 Å². The fraction of sp³-hybridized carbons (Fsp3) is 0.393. The smallest absolute Gasteiger partial charge is 0.233 e. The number of carbonyl (C=O) groups excluding carboxylic acids is 1. The third-order valence-electron chi connectivity index (χ3n) is 6.41. The molecule has 0 N–H and O–H groups in total. The van der Waals surface area contributed by atoms with Crippen molar-refractivity contribution >= 4 is 40.8 Å². The van der Waals surface area contributed by atoms with E-state index in [4.69, 9.17) is 21.3 Å². The molecular weight excluding hydrogens is 520 g/mol. The molecule has 3 aromatic rings. The van der Waals surface area contributed by atoms with Gasteiger partial charge in [0, 0.05) is 57.6 Å². The molecule has 38 heavy (non-hydrogen) atoms. The number of piperazine rings is 1. The Morgan fingerprint density at radius 3 is 2.32 bits per heavy atom. The van der Waals surface area contributed by atoms with Crippen molar-refractivity contribution in [1.29, 1.82) is 0 Å². The molecule has 4 rings (SSSR count). The van der Waals surface area contributed by atoms with E-state index in [0.29, 0.717) is 23.4 Å². The third kappa shape index (κ3) is 7.99. The lowest BCUT2D eigenvalue weighted by molar-refractivity contribution is -0.129. The molecule has 1 aliphatic rings. The Bertz CT molecular complexity index is 1170. The Hall–Kier alpha value is -3.01. The Morgan fingerprint density at radius 2 is 1.66 bits per heavy atom. The number of ether oxygens (including phenoxy) is 1. The van der Waals surface area contributed by atoms with Crippen molar-refractivity contribution in [3.63, 3.8) is 0 Å². The molecule has 0 spiro atoms. The number of anilines is 2. The minimum atomic E-state index is 0.0546. The summed E-state index contributed by atoms with van der Waals surface area (Å²) in [6.07, 6.45) is 0. The van der Waals surface area contributed by atoms with Gasteiger partial charge in [-0.05, 0) is 43.9 Å². The third-order valence-corrected chi connectivity index (χ3v) is 7.44. The van der Waals surface area contributed by atoms with Gasteiger partial charge < -0.3 is 24.3 Å². The topological polar surface area (TPSA) is 65.0 Å². The van der Waals surface area contributed by atoms with Crippen LogP contribution in [0.15, 0.2) is 65.8 Å². The van der Waals surface area contributed by atoms with Gasteiger partial charge in [0.25, 0.3) is 0 Å². The number of rotatable bonds is 11. The summed E-state index contributed by atoms with van der Waals surface area (Å²) in [5, 5.41) is 0.905. The molecule has 1 fully saturated rings. The number of hydrogen-bond donors (Lipinski definition) is 0. The minimum absolute atomic E-state index is 0.0546. The van der Waals surface area contributed by atoms with Gasteiger partial charge in [0.1, 0.15) is 16.7 Å². The van der Waals surface area contributed by atoms with Crippen LogP contribution in [0.3, 0.4) is 0 Å². The van der Waals surface area contributed by atoms with E-state index in [2.05, 4.69) is 31.8 Å². The summed E-state index contributed by atoms with van der Waals surface area (Å²) >= 11 is 7.71. The fourth-order valence-corrected chi connectivity index (χ4v) is 5.22. The van der Waals surface area contributed by atoms with Crippen LogP contribution in [0, 0.1) is 0 Å². The normalized spacial score (nSPS) is 13.6. The highest BCUT2D eigenvalue weighted by atomic mass is 35.5. The Morgan fingerprint density at radius 1 is 0.974 bits per heavy atom. The number of hydrogen-bond acceptors (Lipinski definition) is 8. The summed E-state index contributed by atoms with van der Waals surface area (Å²) < 4.78 is 5.27. The molecule has 1 amide bonds. The summed E-state index contributed by atoms with van der Waals surface area (Å²) in [5.41, 5.74) is 2.29. The van der Waals surface area contributed by atoms with Gasteiger partial charge in [-0.25, -0.2) is 9.97 Å². The van der Waals surface area contributed by atoms with Gasteiger partial charge in [0.2, 0.25) is 5.91 Å². The van der Waals surface area contributed by atoms with Gasteiger partial charge in [-0.1, -0.05) is 53.7 Å². The first-order chi connectivity index (χ1) is 18.4. The van der Waals surface area contributed by atoms with Gasteiger partial charge in [-0.3, -0.25) is 4.79 Å². The minimum Gasteiger partial charge on any atom is -0.497 e. The molecule has 10 heteroatoms. The number of nitrogens with zero attached hydrogens (tertiary/aromatic N) is 6. The van der Waals surface area contributed by atoms with Crippen molar-refractivity contribution in [2.45, 2.75) is 11.7 Å². The fourth-order valence-electron chi connectivity index (χ4n) is 4.23. The molecule has 2 aromatic carbocycles. The van der Waals surface area contributed by atoms with E-state index >= 15 is 0 Å². The highest BCUT2D eigenvalue weighted by Crippen LogP contribution is 2.25. The molecule has 1 aromatic heterocycles. The molecule has 0 radical (unpaired) electrons. The summed E-state index contributed by atoms with van der Waals surface area (Å²) in [4.78, 5) is 30.9. The van der Waals surface area contributed by atoms with Crippen LogP contribution in [0.1, 0.15) is 5.56 Å². The molecule has 0 saturated carbocycles. The van der Waals surface area contributed by atoms with Crippen LogP contribution >= 0.6 is 23.4 Å². The zero-order valence-corrected chi connectivity index (χ0v) is 23.8. The average Bonchev–Trinajstić information content (AvgIpc) is 2.94. The van der Waals surface area contributed by atoms with Crippen molar-refractivity contribution < 1.29 is 9.53 Å². The number of benzene rings is 2. The second kappa shape index (κ2) is 13.7. The Balaban J connectivity index is 1.36. The second-order valence-electron chi connectivity index (χ2n) is 9.40. The molecule has 0 unspecified atom stereocenters. The lowest BCUT2D eigenvalue weighted by Crippen LogP contribution is -2.46. The average molecular weight is 555 g/mol. The SMILES string of the molecule is COc1ccc(N2CCN(c3cc(Cl)nc(SCC(=O)N(CCN(C)C)Cc4ccccc4)n3)CC2)cc1. The summed E-state index contributed by atoms with van der Waals surface area (Å²) in [6, 6.07) is 20.0. The van der Waals surface area contributed by atoms with E-state index in [1.807, 2.05) is 61.5 Å². The van der Waals surface area contributed by atoms with Crippen LogP contribution in [0.5, 0.6) is 5.75 Å². The molecule has 1 saturated heterocycles. The summed E-state index contributed by atoms with van der Waals surface area (Å²) in [6.45, 7) is 5.40. The van der Waals surface area contributed by atoms with Gasteiger partial charge in [-0.15, -0.1) is 0 Å². The number of likely N-dealkylation sites (N-methyl/N-ethyl adjacent to an activating group) is 1. The first kappa shape index (κ1) is 28.0. The van der Waals surface area contributed by atoms with E-state index in [-0.39, 0.29) is 11.7 Å². The van der Waals surface area contributed by atoms with Crippen LogP contribution in [0.2, 0.25) is 5.15 Å². The Labute approximate surface area is 234 Å². The van der Waals surface area contributed by atoms with Gasteiger partial charge >= 0.3 is 0 Å². The van der Waals surface area contributed by atoms with Crippen LogP contribution in [-0.2, 0) is 11.3 Å². The number of halogens is 1. The second-order valence-corrected chi connectivity index (χ2v) is 10.7. The van der Waals surface area contributed by atoms with Gasteiger partial charge in [0.05, 0.1) is 12.9 Å². The predicted molar refractivity (Wildman–Crippen MR) is 156 cm³/mol. The lowest BCUT2D eigenvalue weighted by atomic mass is 10.2. The quantitative estimate of drug-likeness (QED) is 0.199. The van der Waals surface area contributed by atoms with Crippen molar-refractivity contribution in [3.05, 3.63) is 71.4 Å². The maximum atomic E-state index is 13.2. The van der Waals surface area contributed by atoms with Crippen LogP contribution in [0.25, 0.3) is 0 Å². The van der Waals surface area contributed by atoms with Crippen LogP contribution in [-0.4, -0.2) is 91.9 Å². The maximum Gasteiger partial charge on any atom is 0.233 e. The van der Waals surface area contributed by atoms with Crippen LogP contribution < -0.4 is 14.5 Å². The molecule has 0 bridgehead atoms. The van der Waals surface area contributed by atoms with Gasteiger partial charge in [-0.2, -0.15) is 0 Å². The number of aromatic nitrogens is 2. The lowest BCUT2D eigenvalue weighted by Gasteiger charge is -2.36. The number of methoxy groups -OCH3 is 1. The van der Waals surface area contributed by atoms with Crippen molar-refractivity contribution in [2.24, 2.45) is 0 Å². The molecule has 2 heterocycles. The highest BCUT2D eigenvalue weighted by Gasteiger charge is 2.21. The first-order valence-corrected chi connectivity index (χ1v) is 14.1. The van der Waals surface area contributed by atoms with E-state index < -0.39 is 0 Å². The molecule has 0 atom stereocenters. The maximum absolute atomic E-state index is 13.2. The molecular formula is C28H35ClN6O2S. The number of amides is 1. The summed E-state index contributed by atoms with van der Waals surface area (Å²) in [7, 11) is 5.70. The predicted octanol–water partition coefficient (Wildman–Crippen LogP) is 4.15. The summed E-state index contributed by atoms with van der Waals surface area (Å²) in [5.74, 6) is 1.96. The Kier molecular flexibility index (Phi) is 10.1. The highest BCUT2D eigenvalue weighted by molar-refractivity contribution is 7.99. The van der Waals surface area contributed by atoms with Crippen molar-refractivity contribution in [1.82, 2.24) is 19.8 Å². The van der Waals surface area contributed by atoms with E-state index in [1.165, 1.54) is 17.4 Å². The first-order valence-electron chi connectivity index (χ1n) is 12.7. The number of carbonyl (C=O) groups is 1. The monoisotopic (exact) mass is 554 g/mol. The zero-order chi connectivity index (χ0) is 26.9. The molecule has 1 aliphatic heterocycles. The standard InChI is InChI=1S/C28H35ClN6O2S/c1-32(2)13-14-35(20-22-7-5-4-6-8-22)27(36)21-38-28-30-25(29)19-26(31-28)34-17-15-33(16-18-34)23-9-11-24(37-3)12-10-23/h4-12,19H,13-18,20-21H2,1-3H3. The van der Waals surface area contributed by atoms with Gasteiger partial charge in [0.15, 0.2) is 5.16 Å². The molecule has 202 valence electrons. The molecule has 8 nitrogen and oxygen atoms in total. The van der Waals surface area contributed by atoms with E-state index in [9.17, 15) is 4.79 Å². The van der Waals surface area contributed by atoms with Crippen LogP contribution in [0.4, 0.5) is 11.5 Å².